The van der Waals surface area contributed by atoms with E-state index in [0.29, 0.717) is 6.42 Å². The highest BCUT2D eigenvalue weighted by atomic mass is 14.9. The van der Waals surface area contributed by atoms with Gasteiger partial charge in [-0.05, 0) is 36.3 Å². The lowest BCUT2D eigenvalue weighted by molar-refractivity contribution is 0.631. The van der Waals surface area contributed by atoms with E-state index in [4.69, 9.17) is 5.26 Å². The van der Waals surface area contributed by atoms with E-state index < -0.39 is 0 Å². The quantitative estimate of drug-likeness (QED) is 0.711. The highest BCUT2D eigenvalue weighted by molar-refractivity contribution is 5.83. The third-order valence-corrected chi connectivity index (χ3v) is 3.19. The van der Waals surface area contributed by atoms with Gasteiger partial charge in [0.05, 0.1) is 11.6 Å². The zero-order valence-corrected chi connectivity index (χ0v) is 10.3. The predicted molar refractivity (Wildman–Crippen MR) is 70.8 cm³/mol. The number of fused-ring (bicyclic) bond motifs is 1. The Morgan fingerprint density at radius 3 is 2.88 bits per heavy atom. The summed E-state index contributed by atoms with van der Waals surface area (Å²) in [7, 11) is 0. The zero-order valence-electron chi connectivity index (χ0n) is 10.3. The first kappa shape index (κ1) is 11.7. The van der Waals surface area contributed by atoms with E-state index in [1.807, 2.05) is 0 Å². The van der Waals surface area contributed by atoms with Crippen molar-refractivity contribution in [2.24, 2.45) is 0 Å². The summed E-state index contributed by atoms with van der Waals surface area (Å²) in [5.41, 5.74) is 2.78. The molecule has 0 saturated carbocycles. The molecule has 88 valence electrons. The summed E-state index contributed by atoms with van der Waals surface area (Å²) in [6.07, 6.45) is 5.97. The van der Waals surface area contributed by atoms with Crippen molar-refractivity contribution in [2.75, 3.05) is 0 Å². The monoisotopic (exact) mass is 226 g/mol. The van der Waals surface area contributed by atoms with E-state index in [1.165, 1.54) is 16.5 Å². The van der Waals surface area contributed by atoms with E-state index >= 15 is 0 Å². The lowest BCUT2D eigenvalue weighted by atomic mass is 10.1. The van der Waals surface area contributed by atoms with Crippen molar-refractivity contribution in [3.63, 3.8) is 0 Å². The maximum Gasteiger partial charge on any atom is 0.0621 e. The second-order valence-electron chi connectivity index (χ2n) is 4.33. The fourth-order valence-electron chi connectivity index (χ4n) is 2.30. The normalized spacial score (nSPS) is 10.6. The Morgan fingerprint density at radius 1 is 1.24 bits per heavy atom. The molecule has 0 atom stereocenters. The molecule has 0 saturated heterocycles. The molecule has 1 aromatic heterocycles. The maximum atomic E-state index is 8.52. The smallest absolute Gasteiger partial charge is 0.0621 e. The maximum absolute atomic E-state index is 8.52. The first-order valence-corrected chi connectivity index (χ1v) is 6.30. The molecular formula is C15H18N2. The third-order valence-electron chi connectivity index (χ3n) is 3.19. The number of rotatable bonds is 5. The summed E-state index contributed by atoms with van der Waals surface area (Å²) >= 11 is 0. The Kier molecular flexibility index (Phi) is 3.82. The fraction of sp³-hybridized carbons (Fsp3) is 0.400. The van der Waals surface area contributed by atoms with Gasteiger partial charge in [-0.15, -0.1) is 0 Å². The van der Waals surface area contributed by atoms with Crippen molar-refractivity contribution in [3.05, 3.63) is 36.0 Å². The van der Waals surface area contributed by atoms with Crippen LogP contribution in [0, 0.1) is 11.3 Å². The summed E-state index contributed by atoms with van der Waals surface area (Å²) in [5.74, 6) is 0. The second kappa shape index (κ2) is 5.54. The SMILES string of the molecule is CCc1cccc2ccn(CCCCC#N)c12. The predicted octanol–water partition coefficient (Wildman–Crippen LogP) is 3.90. The summed E-state index contributed by atoms with van der Waals surface area (Å²) in [6.45, 7) is 3.21. The topological polar surface area (TPSA) is 28.7 Å². The van der Waals surface area contributed by atoms with E-state index in [0.717, 1.165) is 25.8 Å². The van der Waals surface area contributed by atoms with Gasteiger partial charge in [0.15, 0.2) is 0 Å². The number of aryl methyl sites for hydroxylation is 2. The molecular weight excluding hydrogens is 208 g/mol. The molecule has 0 N–H and O–H groups in total. The van der Waals surface area contributed by atoms with Crippen molar-refractivity contribution in [1.29, 1.82) is 5.26 Å². The van der Waals surface area contributed by atoms with Gasteiger partial charge in [0.2, 0.25) is 0 Å². The number of nitriles is 1. The van der Waals surface area contributed by atoms with Gasteiger partial charge in [0, 0.05) is 19.2 Å². The number of nitrogens with zero attached hydrogens (tertiary/aromatic N) is 2. The van der Waals surface area contributed by atoms with Crippen molar-refractivity contribution in [3.8, 4) is 6.07 Å². The van der Waals surface area contributed by atoms with Gasteiger partial charge >= 0.3 is 0 Å². The minimum absolute atomic E-state index is 0.667. The first-order chi connectivity index (χ1) is 8.36. The summed E-state index contributed by atoms with van der Waals surface area (Å²) < 4.78 is 2.32. The molecule has 0 radical (unpaired) electrons. The van der Waals surface area contributed by atoms with Crippen LogP contribution in [0.4, 0.5) is 0 Å². The number of benzene rings is 1. The largest absolute Gasteiger partial charge is 0.347 e. The molecule has 0 aliphatic heterocycles. The first-order valence-electron chi connectivity index (χ1n) is 6.30. The van der Waals surface area contributed by atoms with Crippen LogP contribution in [0.1, 0.15) is 31.7 Å². The lowest BCUT2D eigenvalue weighted by Gasteiger charge is -2.08. The van der Waals surface area contributed by atoms with Crippen LogP contribution in [0.25, 0.3) is 10.9 Å². The molecule has 2 nitrogen and oxygen atoms in total. The van der Waals surface area contributed by atoms with Crippen molar-refractivity contribution in [2.45, 2.75) is 39.2 Å². The molecule has 17 heavy (non-hydrogen) atoms. The van der Waals surface area contributed by atoms with Gasteiger partial charge in [-0.3, -0.25) is 0 Å². The Hall–Kier alpha value is -1.75. The minimum Gasteiger partial charge on any atom is -0.347 e. The van der Waals surface area contributed by atoms with Crippen LogP contribution in [0.15, 0.2) is 30.5 Å². The average molecular weight is 226 g/mol. The molecule has 0 aliphatic carbocycles. The second-order valence-corrected chi connectivity index (χ2v) is 4.33. The fourth-order valence-corrected chi connectivity index (χ4v) is 2.30. The number of unbranched alkanes of at least 4 members (excludes halogenated alkanes) is 2. The van der Waals surface area contributed by atoms with Crippen molar-refractivity contribution in [1.82, 2.24) is 4.57 Å². The third kappa shape index (κ3) is 2.50. The van der Waals surface area contributed by atoms with Crippen LogP contribution in [0.3, 0.4) is 0 Å². The van der Waals surface area contributed by atoms with Crippen LogP contribution in [-0.4, -0.2) is 4.57 Å². The molecule has 2 heteroatoms. The molecule has 2 aromatic rings. The van der Waals surface area contributed by atoms with Gasteiger partial charge in [-0.2, -0.15) is 5.26 Å². The van der Waals surface area contributed by atoms with Crippen LogP contribution in [0.2, 0.25) is 0 Å². The number of para-hydroxylation sites is 1. The van der Waals surface area contributed by atoms with E-state index in [1.54, 1.807) is 0 Å². The van der Waals surface area contributed by atoms with Gasteiger partial charge in [-0.25, -0.2) is 0 Å². The highest BCUT2D eigenvalue weighted by Gasteiger charge is 2.04. The summed E-state index contributed by atoms with van der Waals surface area (Å²) in [4.78, 5) is 0. The van der Waals surface area contributed by atoms with Crippen molar-refractivity contribution >= 4 is 10.9 Å². The molecule has 0 fully saturated rings. The van der Waals surface area contributed by atoms with Crippen LogP contribution in [0.5, 0.6) is 0 Å². The Bertz CT molecular complexity index is 531. The number of hydrogen-bond donors (Lipinski definition) is 0. The number of aromatic nitrogens is 1. The molecule has 0 spiro atoms. The van der Waals surface area contributed by atoms with Gasteiger partial charge < -0.3 is 4.57 Å². The van der Waals surface area contributed by atoms with E-state index in [9.17, 15) is 0 Å². The molecule has 0 unspecified atom stereocenters. The van der Waals surface area contributed by atoms with Gasteiger partial charge in [-0.1, -0.05) is 25.1 Å². The summed E-state index contributed by atoms with van der Waals surface area (Å²) in [5, 5.41) is 9.84. The van der Waals surface area contributed by atoms with Crippen LogP contribution in [-0.2, 0) is 13.0 Å². The van der Waals surface area contributed by atoms with Crippen LogP contribution >= 0.6 is 0 Å². The highest BCUT2D eigenvalue weighted by Crippen LogP contribution is 2.21. The van der Waals surface area contributed by atoms with E-state index in [-0.39, 0.29) is 0 Å². The molecule has 1 heterocycles. The molecule has 0 bridgehead atoms. The molecule has 2 rings (SSSR count). The average Bonchev–Trinajstić information content (AvgIpc) is 2.78. The number of hydrogen-bond acceptors (Lipinski definition) is 1. The lowest BCUT2D eigenvalue weighted by Crippen LogP contribution is -1.98. The Morgan fingerprint density at radius 2 is 2.12 bits per heavy atom. The van der Waals surface area contributed by atoms with E-state index in [2.05, 4.69) is 48.0 Å². The standard InChI is InChI=1S/C15H18N2/c1-2-13-7-6-8-14-9-12-17(15(13)14)11-5-3-4-10-16/h6-9,12H,2-5,11H2,1H3. The van der Waals surface area contributed by atoms with Crippen LogP contribution < -0.4 is 0 Å². The van der Waals surface area contributed by atoms with Gasteiger partial charge in [0.25, 0.3) is 0 Å². The molecule has 0 amide bonds. The Labute approximate surface area is 102 Å². The Balaban J connectivity index is 2.20. The summed E-state index contributed by atoms with van der Waals surface area (Å²) in [6, 6.07) is 10.9. The van der Waals surface area contributed by atoms with Gasteiger partial charge in [0.1, 0.15) is 0 Å². The molecule has 1 aromatic carbocycles. The zero-order chi connectivity index (χ0) is 12.1. The molecule has 0 aliphatic rings. The minimum atomic E-state index is 0.667. The van der Waals surface area contributed by atoms with Crippen molar-refractivity contribution < 1.29 is 0 Å².